The molecule has 9 heteroatoms. The van der Waals surface area contributed by atoms with Crippen LogP contribution in [-0.4, -0.2) is 33.5 Å². The van der Waals surface area contributed by atoms with Gasteiger partial charge < -0.3 is 14.6 Å². The molecule has 0 atom stereocenters. The molecule has 0 radical (unpaired) electrons. The maximum atomic E-state index is 12.3. The summed E-state index contributed by atoms with van der Waals surface area (Å²) in [6, 6.07) is 12.8. The highest BCUT2D eigenvalue weighted by molar-refractivity contribution is 9.10. The third kappa shape index (κ3) is 4.87. The summed E-state index contributed by atoms with van der Waals surface area (Å²) in [6.07, 6.45) is 0. The van der Waals surface area contributed by atoms with Crippen LogP contribution in [0.4, 0.5) is 5.69 Å². The monoisotopic (exact) mass is 480 g/mol. The van der Waals surface area contributed by atoms with Crippen LogP contribution in [0.2, 0.25) is 5.02 Å². The predicted molar refractivity (Wildman–Crippen MR) is 116 cm³/mol. The Morgan fingerprint density at radius 3 is 2.82 bits per heavy atom. The van der Waals surface area contributed by atoms with E-state index in [2.05, 4.69) is 31.4 Å². The number of hydrogen-bond acceptors (Lipinski definition) is 5. The third-order valence-corrected chi connectivity index (χ3v) is 5.57. The Kier molecular flexibility index (Phi) is 6.98. The summed E-state index contributed by atoms with van der Waals surface area (Å²) in [4.78, 5) is 12.3. The molecule has 1 N–H and O–H groups in total. The standard InChI is InChI=1S/C19H18BrClN4O2S/c1-3-25-18(15-10-13(21)7-8-16(15)27-2)23-24-19(25)28-11-17(26)22-14-6-4-5-12(20)9-14/h4-10H,3,11H2,1-2H3,(H,22,26). The fourth-order valence-corrected chi connectivity index (χ4v) is 4.00. The third-order valence-electron chi connectivity index (χ3n) is 3.88. The van der Waals surface area contributed by atoms with Gasteiger partial charge in [-0.15, -0.1) is 10.2 Å². The molecule has 0 aliphatic carbocycles. The second kappa shape index (κ2) is 9.45. The minimum atomic E-state index is -0.115. The van der Waals surface area contributed by atoms with Crippen LogP contribution < -0.4 is 10.1 Å². The van der Waals surface area contributed by atoms with Gasteiger partial charge in [0.2, 0.25) is 5.91 Å². The summed E-state index contributed by atoms with van der Waals surface area (Å²) in [7, 11) is 1.60. The van der Waals surface area contributed by atoms with E-state index in [4.69, 9.17) is 16.3 Å². The average Bonchev–Trinajstić information content (AvgIpc) is 3.09. The highest BCUT2D eigenvalue weighted by atomic mass is 79.9. The van der Waals surface area contributed by atoms with Gasteiger partial charge in [0, 0.05) is 21.7 Å². The van der Waals surface area contributed by atoms with Gasteiger partial charge in [-0.05, 0) is 43.3 Å². The molecule has 6 nitrogen and oxygen atoms in total. The number of amides is 1. The lowest BCUT2D eigenvalue weighted by molar-refractivity contribution is -0.113. The number of halogens is 2. The molecule has 0 aliphatic heterocycles. The number of carbonyl (C=O) groups excluding carboxylic acids is 1. The number of methoxy groups -OCH3 is 1. The Morgan fingerprint density at radius 2 is 2.11 bits per heavy atom. The number of ether oxygens (including phenoxy) is 1. The van der Waals surface area contributed by atoms with E-state index in [1.54, 1.807) is 25.3 Å². The topological polar surface area (TPSA) is 69.0 Å². The molecule has 3 aromatic rings. The number of thioether (sulfide) groups is 1. The Balaban J connectivity index is 1.76. The molecule has 0 saturated carbocycles. The van der Waals surface area contributed by atoms with E-state index in [1.165, 1.54) is 11.8 Å². The molecule has 28 heavy (non-hydrogen) atoms. The Labute approximate surface area is 180 Å². The predicted octanol–water partition coefficient (Wildman–Crippen LogP) is 5.12. The zero-order chi connectivity index (χ0) is 20.1. The zero-order valence-corrected chi connectivity index (χ0v) is 18.4. The summed E-state index contributed by atoms with van der Waals surface area (Å²) in [6.45, 7) is 2.64. The van der Waals surface area contributed by atoms with E-state index < -0.39 is 0 Å². The molecular weight excluding hydrogens is 464 g/mol. The number of carbonyl (C=O) groups is 1. The largest absolute Gasteiger partial charge is 0.496 e. The van der Waals surface area contributed by atoms with Gasteiger partial charge in [0.1, 0.15) is 5.75 Å². The number of aromatic nitrogens is 3. The summed E-state index contributed by atoms with van der Waals surface area (Å²) in [5.74, 6) is 1.42. The first-order valence-electron chi connectivity index (χ1n) is 8.47. The van der Waals surface area contributed by atoms with E-state index in [0.29, 0.717) is 28.3 Å². The quantitative estimate of drug-likeness (QED) is 0.474. The van der Waals surface area contributed by atoms with Crippen molar-refractivity contribution in [2.75, 3.05) is 18.2 Å². The van der Waals surface area contributed by atoms with Crippen molar-refractivity contribution in [3.8, 4) is 17.1 Å². The van der Waals surface area contributed by atoms with Crippen LogP contribution in [0.3, 0.4) is 0 Å². The van der Waals surface area contributed by atoms with E-state index >= 15 is 0 Å². The molecule has 0 bridgehead atoms. The normalized spacial score (nSPS) is 10.7. The number of benzene rings is 2. The van der Waals surface area contributed by atoms with Gasteiger partial charge >= 0.3 is 0 Å². The smallest absolute Gasteiger partial charge is 0.234 e. The van der Waals surface area contributed by atoms with Crippen LogP contribution in [0.25, 0.3) is 11.4 Å². The maximum Gasteiger partial charge on any atom is 0.234 e. The number of anilines is 1. The van der Waals surface area contributed by atoms with Crippen molar-refractivity contribution in [3.05, 3.63) is 52.0 Å². The molecule has 2 aromatic carbocycles. The number of rotatable bonds is 7. The molecule has 0 aliphatic rings. The van der Waals surface area contributed by atoms with E-state index in [1.807, 2.05) is 35.8 Å². The number of hydrogen-bond donors (Lipinski definition) is 1. The summed E-state index contributed by atoms with van der Waals surface area (Å²) < 4.78 is 8.27. The molecule has 146 valence electrons. The molecule has 3 rings (SSSR count). The summed E-state index contributed by atoms with van der Waals surface area (Å²) in [5.41, 5.74) is 1.50. The second-order valence-corrected chi connectivity index (χ2v) is 8.04. The van der Waals surface area contributed by atoms with Crippen molar-refractivity contribution in [1.29, 1.82) is 0 Å². The summed E-state index contributed by atoms with van der Waals surface area (Å²) in [5, 5.41) is 12.7. The van der Waals surface area contributed by atoms with Crippen molar-refractivity contribution in [2.45, 2.75) is 18.6 Å². The molecule has 0 saturated heterocycles. The molecule has 1 amide bonds. The molecular formula is C19H18BrClN4O2S. The molecule has 0 spiro atoms. The lowest BCUT2D eigenvalue weighted by atomic mass is 10.2. The molecule has 0 fully saturated rings. The van der Waals surface area contributed by atoms with Gasteiger partial charge in [0.05, 0.1) is 18.4 Å². The Hall–Kier alpha value is -2.03. The van der Waals surface area contributed by atoms with Crippen LogP contribution in [0.5, 0.6) is 5.75 Å². The minimum Gasteiger partial charge on any atom is -0.496 e. The first-order valence-corrected chi connectivity index (χ1v) is 10.6. The van der Waals surface area contributed by atoms with Gasteiger partial charge in [-0.25, -0.2) is 0 Å². The molecule has 1 aromatic heterocycles. The first-order chi connectivity index (χ1) is 13.5. The number of nitrogens with zero attached hydrogens (tertiary/aromatic N) is 3. The summed E-state index contributed by atoms with van der Waals surface area (Å²) >= 11 is 10.9. The van der Waals surface area contributed by atoms with Crippen molar-refractivity contribution in [3.63, 3.8) is 0 Å². The highest BCUT2D eigenvalue weighted by Gasteiger charge is 2.18. The molecule has 1 heterocycles. The lowest BCUT2D eigenvalue weighted by Gasteiger charge is -2.11. The Bertz CT molecular complexity index is 996. The Morgan fingerprint density at radius 1 is 1.29 bits per heavy atom. The van der Waals surface area contributed by atoms with Gasteiger partial charge in [0.15, 0.2) is 11.0 Å². The maximum absolute atomic E-state index is 12.3. The van der Waals surface area contributed by atoms with Crippen LogP contribution in [0.15, 0.2) is 52.1 Å². The molecule has 0 unspecified atom stereocenters. The van der Waals surface area contributed by atoms with E-state index in [-0.39, 0.29) is 11.7 Å². The van der Waals surface area contributed by atoms with Crippen molar-refractivity contribution >= 4 is 50.9 Å². The number of nitrogens with one attached hydrogen (secondary N) is 1. The van der Waals surface area contributed by atoms with Crippen LogP contribution in [-0.2, 0) is 11.3 Å². The van der Waals surface area contributed by atoms with E-state index in [9.17, 15) is 4.79 Å². The second-order valence-electron chi connectivity index (χ2n) is 5.74. The lowest BCUT2D eigenvalue weighted by Crippen LogP contribution is -2.14. The fraction of sp³-hybridized carbons (Fsp3) is 0.211. The van der Waals surface area contributed by atoms with Crippen molar-refractivity contribution < 1.29 is 9.53 Å². The van der Waals surface area contributed by atoms with Crippen molar-refractivity contribution in [2.24, 2.45) is 0 Å². The van der Waals surface area contributed by atoms with Gasteiger partial charge in [-0.2, -0.15) is 0 Å². The van der Waals surface area contributed by atoms with E-state index in [0.717, 1.165) is 15.7 Å². The van der Waals surface area contributed by atoms with Crippen LogP contribution in [0, 0.1) is 0 Å². The van der Waals surface area contributed by atoms with Gasteiger partial charge in [-0.1, -0.05) is 45.4 Å². The zero-order valence-electron chi connectivity index (χ0n) is 15.3. The average molecular weight is 482 g/mol. The van der Waals surface area contributed by atoms with Gasteiger partial charge in [-0.3, -0.25) is 4.79 Å². The highest BCUT2D eigenvalue weighted by Crippen LogP contribution is 2.33. The minimum absolute atomic E-state index is 0.115. The van der Waals surface area contributed by atoms with Crippen LogP contribution in [0.1, 0.15) is 6.92 Å². The SMILES string of the molecule is CCn1c(SCC(=O)Nc2cccc(Br)c2)nnc1-c1cc(Cl)ccc1OC. The van der Waals surface area contributed by atoms with Crippen molar-refractivity contribution in [1.82, 2.24) is 14.8 Å². The first kappa shape index (κ1) is 20.7. The van der Waals surface area contributed by atoms with Crippen LogP contribution >= 0.6 is 39.3 Å². The van der Waals surface area contributed by atoms with Gasteiger partial charge in [0.25, 0.3) is 0 Å². The fourth-order valence-electron chi connectivity index (χ4n) is 2.63.